The summed E-state index contributed by atoms with van der Waals surface area (Å²) in [6, 6.07) is 0. The van der Waals surface area contributed by atoms with Gasteiger partial charge in [-0.05, 0) is 30.4 Å². The Labute approximate surface area is 68.1 Å². The van der Waals surface area contributed by atoms with Gasteiger partial charge in [-0.1, -0.05) is 13.0 Å². The fourth-order valence-electron chi connectivity index (χ4n) is 0.519. The molecule has 1 atom stereocenters. The van der Waals surface area contributed by atoms with Crippen molar-refractivity contribution in [1.82, 2.24) is 0 Å². The molecule has 10 heavy (non-hydrogen) atoms. The Kier molecular flexibility index (Phi) is 7.20. The van der Waals surface area contributed by atoms with Crippen molar-refractivity contribution in [2.24, 2.45) is 11.7 Å². The zero-order valence-electron chi connectivity index (χ0n) is 6.68. The number of hydrogen-bond acceptors (Lipinski definition) is 2. The van der Waals surface area contributed by atoms with Crippen LogP contribution in [0.15, 0.2) is 12.7 Å². The average Bonchev–Trinajstić information content (AvgIpc) is 1.98. The van der Waals surface area contributed by atoms with Crippen LogP contribution in [-0.2, 0) is 0 Å². The standard InChI is InChI=1S/C8H17NS/c1-3-4-5-10-7-8(2)6-9/h3,8H,1,4-7,9H2,2H3. The zero-order chi connectivity index (χ0) is 7.82. The van der Waals surface area contributed by atoms with E-state index >= 15 is 0 Å². The normalized spacial score (nSPS) is 13.0. The summed E-state index contributed by atoms with van der Waals surface area (Å²) < 4.78 is 0. The van der Waals surface area contributed by atoms with E-state index in [1.807, 2.05) is 17.8 Å². The van der Waals surface area contributed by atoms with Gasteiger partial charge in [0.05, 0.1) is 0 Å². The topological polar surface area (TPSA) is 26.0 Å². The smallest absolute Gasteiger partial charge is 0.00296 e. The Morgan fingerprint density at radius 3 is 2.90 bits per heavy atom. The molecule has 60 valence electrons. The summed E-state index contributed by atoms with van der Waals surface area (Å²) >= 11 is 1.96. The Bertz CT molecular complexity index is 83.3. The maximum Gasteiger partial charge on any atom is -0.00296 e. The molecule has 0 saturated heterocycles. The minimum Gasteiger partial charge on any atom is -0.330 e. The first kappa shape index (κ1) is 10.0. The van der Waals surface area contributed by atoms with Crippen molar-refractivity contribution < 1.29 is 0 Å². The summed E-state index contributed by atoms with van der Waals surface area (Å²) in [5.74, 6) is 3.04. The van der Waals surface area contributed by atoms with Crippen LogP contribution in [-0.4, -0.2) is 18.1 Å². The van der Waals surface area contributed by atoms with E-state index in [9.17, 15) is 0 Å². The molecule has 1 nitrogen and oxygen atoms in total. The van der Waals surface area contributed by atoms with Crippen LogP contribution in [0.25, 0.3) is 0 Å². The largest absolute Gasteiger partial charge is 0.330 e. The summed E-state index contributed by atoms with van der Waals surface area (Å²) in [6.07, 6.45) is 3.07. The molecule has 0 radical (unpaired) electrons. The Hall–Kier alpha value is 0.0500. The van der Waals surface area contributed by atoms with Crippen molar-refractivity contribution in [1.29, 1.82) is 0 Å². The molecule has 0 aliphatic carbocycles. The van der Waals surface area contributed by atoms with Gasteiger partial charge in [-0.25, -0.2) is 0 Å². The lowest BCUT2D eigenvalue weighted by atomic mass is 10.2. The number of rotatable bonds is 6. The predicted octanol–water partition coefficient (Wildman–Crippen LogP) is 1.89. The minimum atomic E-state index is 0.662. The van der Waals surface area contributed by atoms with Gasteiger partial charge in [0.2, 0.25) is 0 Å². The number of allylic oxidation sites excluding steroid dienone is 1. The number of hydrogen-bond donors (Lipinski definition) is 1. The molecule has 0 rings (SSSR count). The van der Waals surface area contributed by atoms with Crippen LogP contribution in [0.5, 0.6) is 0 Å². The fourth-order valence-corrected chi connectivity index (χ4v) is 1.56. The van der Waals surface area contributed by atoms with E-state index in [2.05, 4.69) is 13.5 Å². The maximum atomic E-state index is 5.45. The second kappa shape index (κ2) is 7.16. The summed E-state index contributed by atoms with van der Waals surface area (Å²) in [6.45, 7) is 6.65. The molecule has 0 bridgehead atoms. The van der Waals surface area contributed by atoms with Gasteiger partial charge in [0.1, 0.15) is 0 Å². The SMILES string of the molecule is C=CCCSCC(C)CN. The van der Waals surface area contributed by atoms with Crippen LogP contribution in [0.3, 0.4) is 0 Å². The zero-order valence-corrected chi connectivity index (χ0v) is 7.49. The highest BCUT2D eigenvalue weighted by molar-refractivity contribution is 7.99. The summed E-state index contributed by atoms with van der Waals surface area (Å²) in [5, 5.41) is 0. The van der Waals surface area contributed by atoms with Gasteiger partial charge in [-0.15, -0.1) is 6.58 Å². The summed E-state index contributed by atoms with van der Waals surface area (Å²) in [5.41, 5.74) is 5.45. The fraction of sp³-hybridized carbons (Fsp3) is 0.750. The molecule has 0 aromatic carbocycles. The Morgan fingerprint density at radius 2 is 2.40 bits per heavy atom. The van der Waals surface area contributed by atoms with Crippen molar-refractivity contribution in [2.45, 2.75) is 13.3 Å². The molecule has 0 fully saturated rings. The van der Waals surface area contributed by atoms with E-state index < -0.39 is 0 Å². The van der Waals surface area contributed by atoms with Crippen molar-refractivity contribution in [3.63, 3.8) is 0 Å². The third-order valence-corrected chi connectivity index (χ3v) is 2.60. The molecule has 0 aliphatic heterocycles. The van der Waals surface area contributed by atoms with Gasteiger partial charge >= 0.3 is 0 Å². The monoisotopic (exact) mass is 159 g/mol. The Balaban J connectivity index is 2.95. The van der Waals surface area contributed by atoms with Crippen LogP contribution >= 0.6 is 11.8 Å². The second-order valence-electron chi connectivity index (χ2n) is 2.49. The second-order valence-corrected chi connectivity index (χ2v) is 3.64. The minimum absolute atomic E-state index is 0.662. The maximum absolute atomic E-state index is 5.45. The molecular formula is C8H17NS. The molecule has 0 aliphatic rings. The molecular weight excluding hydrogens is 142 g/mol. The lowest BCUT2D eigenvalue weighted by Crippen LogP contribution is -2.12. The van der Waals surface area contributed by atoms with Crippen LogP contribution in [0.4, 0.5) is 0 Å². The molecule has 0 spiro atoms. The van der Waals surface area contributed by atoms with E-state index in [4.69, 9.17) is 5.73 Å². The van der Waals surface area contributed by atoms with Crippen molar-refractivity contribution in [3.8, 4) is 0 Å². The average molecular weight is 159 g/mol. The first-order chi connectivity index (χ1) is 4.81. The van der Waals surface area contributed by atoms with E-state index in [0.717, 1.165) is 13.0 Å². The number of nitrogens with two attached hydrogens (primary N) is 1. The molecule has 0 amide bonds. The van der Waals surface area contributed by atoms with Gasteiger partial charge in [-0.2, -0.15) is 11.8 Å². The lowest BCUT2D eigenvalue weighted by Gasteiger charge is -2.05. The Morgan fingerprint density at radius 1 is 1.70 bits per heavy atom. The molecule has 1 unspecified atom stereocenters. The van der Waals surface area contributed by atoms with Gasteiger partial charge in [0, 0.05) is 0 Å². The van der Waals surface area contributed by atoms with Crippen molar-refractivity contribution >= 4 is 11.8 Å². The van der Waals surface area contributed by atoms with Gasteiger partial charge < -0.3 is 5.73 Å². The van der Waals surface area contributed by atoms with Crippen LogP contribution in [0.1, 0.15) is 13.3 Å². The first-order valence-electron chi connectivity index (χ1n) is 3.70. The third-order valence-electron chi connectivity index (χ3n) is 1.27. The van der Waals surface area contributed by atoms with Crippen LogP contribution in [0.2, 0.25) is 0 Å². The highest BCUT2D eigenvalue weighted by Crippen LogP contribution is 2.07. The highest BCUT2D eigenvalue weighted by atomic mass is 32.2. The molecule has 2 N–H and O–H groups in total. The van der Waals surface area contributed by atoms with Crippen LogP contribution in [0, 0.1) is 5.92 Å². The predicted molar refractivity (Wildman–Crippen MR) is 50.4 cm³/mol. The summed E-state index contributed by atoms with van der Waals surface area (Å²) in [4.78, 5) is 0. The van der Waals surface area contributed by atoms with Gasteiger partial charge in [0.15, 0.2) is 0 Å². The van der Waals surface area contributed by atoms with E-state index in [1.165, 1.54) is 11.5 Å². The van der Waals surface area contributed by atoms with Crippen molar-refractivity contribution in [3.05, 3.63) is 12.7 Å². The van der Waals surface area contributed by atoms with Gasteiger partial charge in [0.25, 0.3) is 0 Å². The molecule has 0 aromatic heterocycles. The van der Waals surface area contributed by atoms with Crippen molar-refractivity contribution in [2.75, 3.05) is 18.1 Å². The third kappa shape index (κ3) is 6.17. The van der Waals surface area contributed by atoms with E-state index in [-0.39, 0.29) is 0 Å². The highest BCUT2D eigenvalue weighted by Gasteiger charge is 1.96. The van der Waals surface area contributed by atoms with E-state index in [1.54, 1.807) is 0 Å². The van der Waals surface area contributed by atoms with Crippen LogP contribution < -0.4 is 5.73 Å². The lowest BCUT2D eigenvalue weighted by molar-refractivity contribution is 0.675. The molecule has 0 heterocycles. The molecule has 2 heteroatoms. The molecule has 0 saturated carbocycles. The van der Waals surface area contributed by atoms with E-state index in [0.29, 0.717) is 5.92 Å². The number of thioether (sulfide) groups is 1. The summed E-state index contributed by atoms with van der Waals surface area (Å²) in [7, 11) is 0. The first-order valence-corrected chi connectivity index (χ1v) is 4.85. The quantitative estimate of drug-likeness (QED) is 0.473. The van der Waals surface area contributed by atoms with Gasteiger partial charge in [-0.3, -0.25) is 0 Å². The molecule has 0 aromatic rings.